The molecule has 0 bridgehead atoms. The van der Waals surface area contributed by atoms with E-state index in [0.29, 0.717) is 16.4 Å². The second-order valence-corrected chi connectivity index (χ2v) is 5.70. The number of anilines is 1. The summed E-state index contributed by atoms with van der Waals surface area (Å²) in [7, 11) is 1.58. The maximum atomic E-state index is 12.4. The summed E-state index contributed by atoms with van der Waals surface area (Å²) in [4.78, 5) is 24.7. The third-order valence-electron chi connectivity index (χ3n) is 2.84. The van der Waals surface area contributed by atoms with E-state index in [1.807, 2.05) is 0 Å². The molecule has 0 unspecified atom stereocenters. The van der Waals surface area contributed by atoms with Crippen molar-refractivity contribution >= 4 is 46.4 Å². The van der Waals surface area contributed by atoms with Crippen molar-refractivity contribution in [3.8, 4) is 5.69 Å². The van der Waals surface area contributed by atoms with Crippen molar-refractivity contribution < 1.29 is 4.79 Å². The molecule has 0 radical (unpaired) electrons. The standard InChI is InChI=1S/C13H11Cl3N4O2/c1-19(6-11(17)21)10-5-18-20(13(22)12(10)16)9-3-2-7(14)4-8(9)15/h2-5H,6H2,1H3,(H2,17,21). The molecule has 2 N–H and O–H groups in total. The van der Waals surface area contributed by atoms with Crippen molar-refractivity contribution in [3.63, 3.8) is 0 Å². The highest BCUT2D eigenvalue weighted by Gasteiger charge is 2.16. The van der Waals surface area contributed by atoms with Crippen LogP contribution in [0, 0.1) is 0 Å². The van der Waals surface area contributed by atoms with Crippen molar-refractivity contribution in [2.24, 2.45) is 5.73 Å². The lowest BCUT2D eigenvalue weighted by Crippen LogP contribution is -2.33. The van der Waals surface area contributed by atoms with Crippen LogP contribution >= 0.6 is 34.8 Å². The number of hydrogen-bond acceptors (Lipinski definition) is 4. The van der Waals surface area contributed by atoms with Crippen LogP contribution in [0.4, 0.5) is 5.69 Å². The molecule has 2 rings (SSSR count). The Morgan fingerprint density at radius 1 is 1.36 bits per heavy atom. The van der Waals surface area contributed by atoms with Crippen LogP contribution in [0.1, 0.15) is 0 Å². The Morgan fingerprint density at radius 3 is 2.64 bits per heavy atom. The molecule has 1 aromatic heterocycles. The van der Waals surface area contributed by atoms with Crippen molar-refractivity contribution in [1.82, 2.24) is 9.78 Å². The van der Waals surface area contributed by atoms with E-state index in [-0.39, 0.29) is 16.6 Å². The predicted octanol–water partition coefficient (Wildman–Crippen LogP) is 2.11. The van der Waals surface area contributed by atoms with Gasteiger partial charge in [-0.3, -0.25) is 9.59 Å². The molecule has 1 aromatic carbocycles. The van der Waals surface area contributed by atoms with E-state index in [4.69, 9.17) is 40.5 Å². The molecule has 1 amide bonds. The second-order valence-electron chi connectivity index (χ2n) is 4.48. The van der Waals surface area contributed by atoms with Gasteiger partial charge in [-0.25, -0.2) is 0 Å². The Morgan fingerprint density at radius 2 is 2.05 bits per heavy atom. The molecule has 0 spiro atoms. The highest BCUT2D eigenvalue weighted by atomic mass is 35.5. The second kappa shape index (κ2) is 6.56. The molecule has 0 aliphatic carbocycles. The number of amides is 1. The number of aromatic nitrogens is 2. The van der Waals surface area contributed by atoms with E-state index in [2.05, 4.69) is 5.10 Å². The van der Waals surface area contributed by atoms with Gasteiger partial charge in [0.25, 0.3) is 5.56 Å². The van der Waals surface area contributed by atoms with Crippen molar-refractivity contribution in [2.45, 2.75) is 0 Å². The number of rotatable bonds is 4. The van der Waals surface area contributed by atoms with E-state index in [0.717, 1.165) is 4.68 Å². The normalized spacial score (nSPS) is 10.5. The minimum Gasteiger partial charge on any atom is -0.368 e. The third kappa shape index (κ3) is 3.35. The molecule has 6 nitrogen and oxygen atoms in total. The van der Waals surface area contributed by atoms with Crippen molar-refractivity contribution in [1.29, 1.82) is 0 Å². The number of hydrogen-bond donors (Lipinski definition) is 1. The molecule has 0 aliphatic rings. The molecule has 0 aliphatic heterocycles. The molecule has 0 saturated carbocycles. The quantitative estimate of drug-likeness (QED) is 0.904. The minimum atomic E-state index is -0.570. The van der Waals surface area contributed by atoms with E-state index in [9.17, 15) is 9.59 Å². The van der Waals surface area contributed by atoms with Gasteiger partial charge in [0.15, 0.2) is 0 Å². The third-order valence-corrected chi connectivity index (χ3v) is 3.74. The number of primary amides is 1. The monoisotopic (exact) mass is 360 g/mol. The number of likely N-dealkylation sites (N-methyl/N-ethyl adjacent to an activating group) is 1. The zero-order chi connectivity index (χ0) is 16.4. The highest BCUT2D eigenvalue weighted by Crippen LogP contribution is 2.25. The molecule has 0 saturated heterocycles. The number of halogens is 3. The van der Waals surface area contributed by atoms with Crippen LogP contribution in [0.25, 0.3) is 5.69 Å². The maximum Gasteiger partial charge on any atom is 0.292 e. The Balaban J connectivity index is 2.51. The predicted molar refractivity (Wildman–Crippen MR) is 87.3 cm³/mol. The molecule has 0 fully saturated rings. The average Bonchev–Trinajstić information content (AvgIpc) is 2.41. The van der Waals surface area contributed by atoms with E-state index >= 15 is 0 Å². The number of carbonyl (C=O) groups excluding carboxylic acids is 1. The smallest absolute Gasteiger partial charge is 0.292 e. The molecule has 0 atom stereocenters. The molecule has 1 heterocycles. The fourth-order valence-electron chi connectivity index (χ4n) is 1.83. The van der Waals surface area contributed by atoms with Gasteiger partial charge in [0.05, 0.1) is 29.1 Å². The van der Waals surface area contributed by atoms with Crippen molar-refractivity contribution in [3.05, 3.63) is 49.8 Å². The Labute approximate surface area is 141 Å². The fraction of sp³-hybridized carbons (Fsp3) is 0.154. The van der Waals surface area contributed by atoms with Crippen LogP contribution in [0.2, 0.25) is 15.1 Å². The van der Waals surface area contributed by atoms with Crippen LogP contribution in [-0.2, 0) is 4.79 Å². The summed E-state index contributed by atoms with van der Waals surface area (Å²) in [6.45, 7) is -0.0907. The SMILES string of the molecule is CN(CC(N)=O)c1cnn(-c2ccc(Cl)cc2Cl)c(=O)c1Cl. The van der Waals surface area contributed by atoms with Crippen LogP contribution in [0.15, 0.2) is 29.2 Å². The Kier molecular flexibility index (Phi) is 4.95. The van der Waals surface area contributed by atoms with Gasteiger partial charge in [-0.15, -0.1) is 0 Å². The summed E-state index contributed by atoms with van der Waals surface area (Å²) in [5.41, 5.74) is 5.19. The average molecular weight is 362 g/mol. The van der Waals surface area contributed by atoms with Gasteiger partial charge in [-0.05, 0) is 18.2 Å². The first-order valence-corrected chi connectivity index (χ1v) is 7.17. The largest absolute Gasteiger partial charge is 0.368 e. The van der Waals surface area contributed by atoms with Crippen LogP contribution in [0.3, 0.4) is 0 Å². The molecule has 22 heavy (non-hydrogen) atoms. The Hall–Kier alpha value is -1.76. The maximum absolute atomic E-state index is 12.4. The minimum absolute atomic E-state index is 0.0907. The molecular formula is C13H11Cl3N4O2. The van der Waals surface area contributed by atoms with E-state index in [1.54, 1.807) is 19.2 Å². The summed E-state index contributed by atoms with van der Waals surface area (Å²) >= 11 is 18.0. The zero-order valence-corrected chi connectivity index (χ0v) is 13.7. The number of nitrogens with zero attached hydrogens (tertiary/aromatic N) is 3. The first-order chi connectivity index (χ1) is 10.3. The van der Waals surface area contributed by atoms with E-state index < -0.39 is 11.5 Å². The summed E-state index contributed by atoms with van der Waals surface area (Å²) in [5.74, 6) is -0.552. The van der Waals surface area contributed by atoms with Gasteiger partial charge in [0.2, 0.25) is 5.91 Å². The molecular weight excluding hydrogens is 351 g/mol. The van der Waals surface area contributed by atoms with Crippen molar-refractivity contribution in [2.75, 3.05) is 18.5 Å². The van der Waals surface area contributed by atoms with Gasteiger partial charge in [0, 0.05) is 12.1 Å². The van der Waals surface area contributed by atoms with Gasteiger partial charge in [0.1, 0.15) is 5.02 Å². The Bertz CT molecular complexity index is 791. The van der Waals surface area contributed by atoms with Gasteiger partial charge in [-0.2, -0.15) is 9.78 Å². The summed E-state index contributed by atoms with van der Waals surface area (Å²) < 4.78 is 1.06. The molecule has 116 valence electrons. The van der Waals surface area contributed by atoms with Crippen LogP contribution < -0.4 is 16.2 Å². The highest BCUT2D eigenvalue weighted by molar-refractivity contribution is 6.36. The molecule has 2 aromatic rings. The zero-order valence-electron chi connectivity index (χ0n) is 11.4. The first-order valence-electron chi connectivity index (χ1n) is 6.04. The van der Waals surface area contributed by atoms with E-state index in [1.165, 1.54) is 17.2 Å². The fourth-order valence-corrected chi connectivity index (χ4v) is 2.60. The molecule has 9 heteroatoms. The van der Waals surface area contributed by atoms with Gasteiger partial charge >= 0.3 is 0 Å². The lowest BCUT2D eigenvalue weighted by Gasteiger charge is -2.18. The summed E-state index contributed by atoms with van der Waals surface area (Å²) in [6, 6.07) is 4.63. The van der Waals surface area contributed by atoms with Gasteiger partial charge in [-0.1, -0.05) is 34.8 Å². The number of benzene rings is 1. The van der Waals surface area contributed by atoms with Crippen LogP contribution in [-0.4, -0.2) is 29.3 Å². The van der Waals surface area contributed by atoms with Crippen LogP contribution in [0.5, 0.6) is 0 Å². The number of carbonyl (C=O) groups is 1. The number of nitrogens with two attached hydrogens (primary N) is 1. The lowest BCUT2D eigenvalue weighted by molar-refractivity contribution is -0.116. The topological polar surface area (TPSA) is 81.2 Å². The lowest BCUT2D eigenvalue weighted by atomic mass is 10.3. The summed E-state index contributed by atoms with van der Waals surface area (Å²) in [6.07, 6.45) is 1.36. The van der Waals surface area contributed by atoms with Gasteiger partial charge < -0.3 is 10.6 Å². The first kappa shape index (κ1) is 16.6. The summed E-state index contributed by atoms with van der Waals surface area (Å²) in [5, 5.41) is 4.63.